The second-order valence-corrected chi connectivity index (χ2v) is 3.50. The summed E-state index contributed by atoms with van der Waals surface area (Å²) in [6.45, 7) is 0. The highest BCUT2D eigenvalue weighted by Gasteiger charge is 2.12. The summed E-state index contributed by atoms with van der Waals surface area (Å²) in [5.74, 6) is -0.771. The monoisotopic (exact) mass is 237 g/mol. The molecule has 0 radical (unpaired) electrons. The summed E-state index contributed by atoms with van der Waals surface area (Å²) >= 11 is 0. The lowest BCUT2D eigenvalue weighted by atomic mass is 10.0. The maximum absolute atomic E-state index is 11.2. The molecule has 0 amide bonds. The van der Waals surface area contributed by atoms with Gasteiger partial charge in [0, 0.05) is 6.04 Å². The zero-order valence-electron chi connectivity index (χ0n) is 9.80. The largest absolute Gasteiger partial charge is 0.469 e. The van der Waals surface area contributed by atoms with E-state index in [-0.39, 0.29) is 12.4 Å². The number of carbonyl (C=O) groups excluding carboxylic acids is 2. The van der Waals surface area contributed by atoms with Gasteiger partial charge < -0.3 is 15.2 Å². The van der Waals surface area contributed by atoms with E-state index in [2.05, 4.69) is 9.47 Å². The Morgan fingerprint density at radius 3 is 2.24 bits per heavy atom. The van der Waals surface area contributed by atoms with Gasteiger partial charge in [0.1, 0.15) is 0 Å². The van der Waals surface area contributed by atoms with E-state index in [0.29, 0.717) is 5.56 Å². The lowest BCUT2D eigenvalue weighted by molar-refractivity contribution is -0.141. The minimum absolute atomic E-state index is 0.105. The van der Waals surface area contributed by atoms with Crippen LogP contribution in [0, 0.1) is 0 Å². The van der Waals surface area contributed by atoms with Crippen LogP contribution >= 0.6 is 0 Å². The van der Waals surface area contributed by atoms with Gasteiger partial charge in [-0.25, -0.2) is 4.79 Å². The quantitative estimate of drug-likeness (QED) is 0.791. The Kier molecular flexibility index (Phi) is 4.66. The molecule has 1 atom stereocenters. The van der Waals surface area contributed by atoms with Crippen LogP contribution in [0.15, 0.2) is 24.3 Å². The molecule has 5 nitrogen and oxygen atoms in total. The first kappa shape index (κ1) is 13.2. The molecule has 0 spiro atoms. The molecule has 0 aliphatic heterocycles. The number of carbonyl (C=O) groups is 2. The van der Waals surface area contributed by atoms with Crippen LogP contribution in [0.1, 0.15) is 28.4 Å². The first-order valence-corrected chi connectivity index (χ1v) is 5.09. The Labute approximate surface area is 99.5 Å². The minimum atomic E-state index is -0.436. The van der Waals surface area contributed by atoms with Gasteiger partial charge in [-0.1, -0.05) is 12.1 Å². The van der Waals surface area contributed by atoms with E-state index >= 15 is 0 Å². The fourth-order valence-corrected chi connectivity index (χ4v) is 1.36. The molecule has 0 saturated carbocycles. The lowest BCUT2D eigenvalue weighted by Gasteiger charge is -2.10. The summed E-state index contributed by atoms with van der Waals surface area (Å²) in [6.07, 6.45) is 0.105. The molecule has 17 heavy (non-hydrogen) atoms. The van der Waals surface area contributed by atoms with E-state index in [1.165, 1.54) is 14.2 Å². The van der Waals surface area contributed by atoms with Gasteiger partial charge in [-0.2, -0.15) is 0 Å². The van der Waals surface area contributed by atoms with Gasteiger partial charge in [0.2, 0.25) is 0 Å². The van der Waals surface area contributed by atoms with Crippen molar-refractivity contribution in [3.05, 3.63) is 35.4 Å². The number of rotatable bonds is 4. The van der Waals surface area contributed by atoms with Crippen molar-refractivity contribution in [3.8, 4) is 0 Å². The van der Waals surface area contributed by atoms with E-state index in [4.69, 9.17) is 5.73 Å². The molecule has 1 unspecified atom stereocenters. The molecular weight excluding hydrogens is 222 g/mol. The normalized spacial score (nSPS) is 11.7. The van der Waals surface area contributed by atoms with Crippen LogP contribution in [-0.2, 0) is 14.3 Å². The van der Waals surface area contributed by atoms with Gasteiger partial charge in [0.25, 0.3) is 0 Å². The molecule has 1 rings (SSSR count). The average Bonchev–Trinajstić information content (AvgIpc) is 2.37. The van der Waals surface area contributed by atoms with Gasteiger partial charge in [0.15, 0.2) is 0 Å². The van der Waals surface area contributed by atoms with Crippen LogP contribution in [0.2, 0.25) is 0 Å². The van der Waals surface area contributed by atoms with Crippen LogP contribution in [0.4, 0.5) is 0 Å². The van der Waals surface area contributed by atoms with Gasteiger partial charge in [-0.05, 0) is 17.7 Å². The van der Waals surface area contributed by atoms with E-state index in [9.17, 15) is 9.59 Å². The number of hydrogen-bond acceptors (Lipinski definition) is 5. The number of benzene rings is 1. The van der Waals surface area contributed by atoms with Crippen molar-refractivity contribution in [2.45, 2.75) is 12.5 Å². The standard InChI is InChI=1S/C12H15NO4/c1-16-11(14)7-10(13)8-3-5-9(6-4-8)12(15)17-2/h3-6,10H,7,13H2,1-2H3. The molecule has 0 aliphatic rings. The van der Waals surface area contributed by atoms with Gasteiger partial charge >= 0.3 is 11.9 Å². The second-order valence-electron chi connectivity index (χ2n) is 3.50. The summed E-state index contributed by atoms with van der Waals surface area (Å²) in [5, 5.41) is 0. The highest BCUT2D eigenvalue weighted by molar-refractivity contribution is 5.89. The fourth-order valence-electron chi connectivity index (χ4n) is 1.36. The van der Waals surface area contributed by atoms with E-state index in [0.717, 1.165) is 5.56 Å². The van der Waals surface area contributed by atoms with Gasteiger partial charge in [0.05, 0.1) is 26.2 Å². The first-order valence-electron chi connectivity index (χ1n) is 5.09. The maximum Gasteiger partial charge on any atom is 0.337 e. The molecule has 0 bridgehead atoms. The fraction of sp³-hybridized carbons (Fsp3) is 0.333. The van der Waals surface area contributed by atoms with Gasteiger partial charge in [-0.3, -0.25) is 4.79 Å². The predicted molar refractivity (Wildman–Crippen MR) is 61.3 cm³/mol. The Morgan fingerprint density at radius 1 is 1.18 bits per heavy atom. The predicted octanol–water partition coefficient (Wildman–Crippen LogP) is 1.04. The maximum atomic E-state index is 11.2. The summed E-state index contributed by atoms with van der Waals surface area (Å²) in [5.41, 5.74) is 7.03. The third-order valence-corrected chi connectivity index (χ3v) is 2.37. The summed E-state index contributed by atoms with van der Waals surface area (Å²) < 4.78 is 9.10. The van der Waals surface area contributed by atoms with Crippen molar-refractivity contribution >= 4 is 11.9 Å². The SMILES string of the molecule is COC(=O)CC(N)c1ccc(C(=O)OC)cc1. The molecule has 0 heterocycles. The van der Waals surface area contributed by atoms with Crippen LogP contribution in [0.25, 0.3) is 0 Å². The highest BCUT2D eigenvalue weighted by atomic mass is 16.5. The number of esters is 2. The van der Waals surface area contributed by atoms with E-state index in [1.807, 2.05) is 0 Å². The Hall–Kier alpha value is -1.88. The summed E-state index contributed by atoms with van der Waals surface area (Å²) in [4.78, 5) is 22.2. The molecule has 0 aliphatic carbocycles. The zero-order chi connectivity index (χ0) is 12.8. The van der Waals surface area contributed by atoms with Crippen molar-refractivity contribution in [1.29, 1.82) is 0 Å². The molecule has 0 aromatic heterocycles. The Balaban J connectivity index is 2.73. The molecule has 1 aromatic carbocycles. The van der Waals surface area contributed by atoms with Crippen molar-refractivity contribution in [2.24, 2.45) is 5.73 Å². The molecule has 0 fully saturated rings. The van der Waals surface area contributed by atoms with Crippen molar-refractivity contribution in [1.82, 2.24) is 0 Å². The van der Waals surface area contributed by atoms with Crippen LogP contribution in [-0.4, -0.2) is 26.2 Å². The van der Waals surface area contributed by atoms with Crippen LogP contribution in [0.5, 0.6) is 0 Å². The molecular formula is C12H15NO4. The zero-order valence-corrected chi connectivity index (χ0v) is 9.80. The molecule has 5 heteroatoms. The Bertz CT molecular complexity index is 399. The molecule has 0 saturated heterocycles. The summed E-state index contributed by atoms with van der Waals surface area (Å²) in [6, 6.07) is 6.17. The summed E-state index contributed by atoms with van der Waals surface area (Å²) in [7, 11) is 2.63. The van der Waals surface area contributed by atoms with Crippen molar-refractivity contribution < 1.29 is 19.1 Å². The number of ether oxygens (including phenoxy) is 2. The third-order valence-electron chi connectivity index (χ3n) is 2.37. The third kappa shape index (κ3) is 3.57. The van der Waals surface area contributed by atoms with Crippen LogP contribution < -0.4 is 5.73 Å². The molecule has 2 N–H and O–H groups in total. The highest BCUT2D eigenvalue weighted by Crippen LogP contribution is 2.15. The molecule has 1 aromatic rings. The van der Waals surface area contributed by atoms with Gasteiger partial charge in [-0.15, -0.1) is 0 Å². The Morgan fingerprint density at radius 2 is 1.76 bits per heavy atom. The smallest absolute Gasteiger partial charge is 0.337 e. The number of hydrogen-bond donors (Lipinski definition) is 1. The molecule has 92 valence electrons. The van der Waals surface area contributed by atoms with Crippen LogP contribution in [0.3, 0.4) is 0 Å². The average molecular weight is 237 g/mol. The number of methoxy groups -OCH3 is 2. The minimum Gasteiger partial charge on any atom is -0.469 e. The number of nitrogens with two attached hydrogens (primary N) is 1. The van der Waals surface area contributed by atoms with E-state index < -0.39 is 12.0 Å². The second kappa shape index (κ2) is 6.00. The topological polar surface area (TPSA) is 78.6 Å². The lowest BCUT2D eigenvalue weighted by Crippen LogP contribution is -2.16. The van der Waals surface area contributed by atoms with Crippen molar-refractivity contribution in [3.63, 3.8) is 0 Å². The van der Waals surface area contributed by atoms with E-state index in [1.54, 1.807) is 24.3 Å². The first-order chi connectivity index (χ1) is 8.08. The van der Waals surface area contributed by atoms with Crippen molar-refractivity contribution in [2.75, 3.05) is 14.2 Å².